The van der Waals surface area contributed by atoms with E-state index in [1.165, 1.54) is 17.7 Å². The van der Waals surface area contributed by atoms with Crippen molar-refractivity contribution in [2.45, 2.75) is 25.3 Å². The highest BCUT2D eigenvalue weighted by atomic mass is 19.1. The van der Waals surface area contributed by atoms with E-state index in [9.17, 15) is 4.39 Å². The topological polar surface area (TPSA) is 30.5 Å². The van der Waals surface area contributed by atoms with Crippen LogP contribution in [0.5, 0.6) is 11.5 Å². The molecule has 0 saturated heterocycles. The summed E-state index contributed by atoms with van der Waals surface area (Å²) in [6, 6.07) is 19.4. The van der Waals surface area contributed by atoms with Crippen LogP contribution in [0.25, 0.3) is 11.1 Å². The Morgan fingerprint density at radius 3 is 2.55 bits per heavy atom. The number of benzene rings is 3. The average molecular weight is 389 g/mol. The number of rotatable bonds is 2. The van der Waals surface area contributed by atoms with E-state index in [-0.39, 0.29) is 23.2 Å². The van der Waals surface area contributed by atoms with Crippen LogP contribution in [0.1, 0.15) is 31.0 Å². The molecule has 2 heterocycles. The summed E-state index contributed by atoms with van der Waals surface area (Å²) in [5.41, 5.74) is 5.55. The van der Waals surface area contributed by atoms with E-state index < -0.39 is 0 Å². The lowest BCUT2D eigenvalue weighted by Crippen LogP contribution is -2.46. The second kappa shape index (κ2) is 6.51. The van der Waals surface area contributed by atoms with Crippen molar-refractivity contribution in [2.24, 2.45) is 5.92 Å². The van der Waals surface area contributed by atoms with Crippen LogP contribution in [0.15, 0.2) is 60.7 Å². The molecule has 2 aliphatic heterocycles. The smallest absolute Gasteiger partial charge is 0.166 e. The molecule has 0 amide bonds. The highest BCUT2D eigenvalue weighted by Crippen LogP contribution is 2.54. The van der Waals surface area contributed by atoms with Crippen molar-refractivity contribution >= 4 is 5.69 Å². The zero-order valence-electron chi connectivity index (χ0n) is 16.8. The molecule has 3 nitrogen and oxygen atoms in total. The number of anilines is 1. The average Bonchev–Trinajstić information content (AvgIpc) is 2.73. The molecule has 29 heavy (non-hydrogen) atoms. The SMILES string of the molecule is COc1cccc2c1OCC1[C@@H]2Nc2ccc(-c3ccc(F)cc3)cc2C1(C)C. The largest absolute Gasteiger partial charge is 0.493 e. The fourth-order valence-corrected chi connectivity index (χ4v) is 4.77. The number of nitrogens with one attached hydrogen (secondary N) is 1. The number of hydrogen-bond acceptors (Lipinski definition) is 3. The quantitative estimate of drug-likeness (QED) is 0.587. The van der Waals surface area contributed by atoms with Crippen LogP contribution < -0.4 is 14.8 Å². The summed E-state index contributed by atoms with van der Waals surface area (Å²) < 4.78 is 25.0. The Hall–Kier alpha value is -3.01. The molecule has 3 aromatic rings. The van der Waals surface area contributed by atoms with E-state index in [2.05, 4.69) is 43.4 Å². The molecule has 1 N–H and O–H groups in total. The number of halogens is 1. The van der Waals surface area contributed by atoms with Crippen LogP contribution in [0, 0.1) is 11.7 Å². The van der Waals surface area contributed by atoms with Crippen LogP contribution in [0.2, 0.25) is 0 Å². The first-order chi connectivity index (χ1) is 14.0. The molecule has 2 atom stereocenters. The summed E-state index contributed by atoms with van der Waals surface area (Å²) in [4.78, 5) is 0. The predicted octanol–water partition coefficient (Wildman–Crippen LogP) is 5.95. The minimum atomic E-state index is -0.218. The van der Waals surface area contributed by atoms with Gasteiger partial charge in [-0.3, -0.25) is 0 Å². The summed E-state index contributed by atoms with van der Waals surface area (Å²) in [5, 5.41) is 3.75. The van der Waals surface area contributed by atoms with E-state index >= 15 is 0 Å². The summed E-state index contributed by atoms with van der Waals surface area (Å²) in [7, 11) is 1.68. The molecule has 0 aromatic heterocycles. The van der Waals surface area contributed by atoms with Crippen molar-refractivity contribution in [1.29, 1.82) is 0 Å². The molecule has 0 fully saturated rings. The Kier molecular flexibility index (Phi) is 4.05. The maximum absolute atomic E-state index is 13.3. The predicted molar refractivity (Wildman–Crippen MR) is 113 cm³/mol. The van der Waals surface area contributed by atoms with Gasteiger partial charge in [-0.25, -0.2) is 4.39 Å². The minimum Gasteiger partial charge on any atom is -0.493 e. The number of para-hydroxylation sites is 1. The third-order valence-corrected chi connectivity index (χ3v) is 6.50. The lowest BCUT2D eigenvalue weighted by molar-refractivity contribution is 0.131. The van der Waals surface area contributed by atoms with E-state index in [0.717, 1.165) is 33.9 Å². The van der Waals surface area contributed by atoms with Gasteiger partial charge in [0.05, 0.1) is 19.8 Å². The van der Waals surface area contributed by atoms with Gasteiger partial charge in [0.25, 0.3) is 0 Å². The molecule has 0 spiro atoms. The molecule has 3 aromatic carbocycles. The Morgan fingerprint density at radius 1 is 1.03 bits per heavy atom. The monoisotopic (exact) mass is 389 g/mol. The van der Waals surface area contributed by atoms with Crippen molar-refractivity contribution in [2.75, 3.05) is 19.0 Å². The normalized spacial score (nSPS) is 21.1. The van der Waals surface area contributed by atoms with Crippen LogP contribution in [-0.4, -0.2) is 13.7 Å². The van der Waals surface area contributed by atoms with Crippen molar-refractivity contribution in [1.82, 2.24) is 0 Å². The van der Waals surface area contributed by atoms with Crippen LogP contribution in [0.4, 0.5) is 10.1 Å². The first-order valence-corrected chi connectivity index (χ1v) is 9.96. The van der Waals surface area contributed by atoms with Gasteiger partial charge >= 0.3 is 0 Å². The van der Waals surface area contributed by atoms with Crippen molar-refractivity contribution in [3.63, 3.8) is 0 Å². The van der Waals surface area contributed by atoms with Gasteiger partial charge in [-0.2, -0.15) is 0 Å². The second-order valence-electron chi connectivity index (χ2n) is 8.41. The fraction of sp³-hybridized carbons (Fsp3) is 0.280. The standard InChI is InChI=1S/C25H24FNO2/c1-25(2)19-13-16(15-7-10-17(26)11-8-15)9-12-21(19)27-23-18-5-4-6-22(28-3)24(18)29-14-20(23)25/h4-13,20,23,27H,14H2,1-3H3/t20?,23-/m1/s1. The van der Waals surface area contributed by atoms with Crippen LogP contribution in [-0.2, 0) is 5.41 Å². The minimum absolute atomic E-state index is 0.0952. The van der Waals surface area contributed by atoms with E-state index in [0.29, 0.717) is 6.61 Å². The molecule has 0 radical (unpaired) electrons. The lowest BCUT2D eigenvalue weighted by atomic mass is 9.65. The van der Waals surface area contributed by atoms with E-state index in [4.69, 9.17) is 9.47 Å². The molecular formula is C25H24FNO2. The van der Waals surface area contributed by atoms with Crippen molar-refractivity contribution < 1.29 is 13.9 Å². The first-order valence-electron chi connectivity index (χ1n) is 9.96. The van der Waals surface area contributed by atoms with Crippen LogP contribution in [0.3, 0.4) is 0 Å². The third-order valence-electron chi connectivity index (χ3n) is 6.50. The summed E-state index contributed by atoms with van der Waals surface area (Å²) in [6.45, 7) is 5.19. The molecule has 0 bridgehead atoms. The molecule has 0 saturated carbocycles. The molecule has 148 valence electrons. The zero-order valence-corrected chi connectivity index (χ0v) is 16.8. The highest BCUT2D eigenvalue weighted by molar-refractivity contribution is 5.71. The second-order valence-corrected chi connectivity index (χ2v) is 8.41. The molecule has 1 unspecified atom stereocenters. The molecular weight excluding hydrogens is 365 g/mol. The number of methoxy groups -OCH3 is 1. The van der Waals surface area contributed by atoms with E-state index in [1.807, 2.05) is 24.3 Å². The number of fused-ring (bicyclic) bond motifs is 4. The van der Waals surface area contributed by atoms with Gasteiger partial charge in [0, 0.05) is 22.6 Å². The van der Waals surface area contributed by atoms with Crippen molar-refractivity contribution in [3.05, 3.63) is 77.6 Å². The zero-order chi connectivity index (χ0) is 20.2. The summed E-state index contributed by atoms with van der Waals surface area (Å²) >= 11 is 0. The Bertz CT molecular complexity index is 1070. The number of ether oxygens (including phenoxy) is 2. The van der Waals surface area contributed by atoms with Gasteiger partial charge in [0.15, 0.2) is 11.5 Å². The maximum atomic E-state index is 13.3. The van der Waals surface area contributed by atoms with E-state index in [1.54, 1.807) is 7.11 Å². The highest BCUT2D eigenvalue weighted by Gasteiger charge is 2.46. The Balaban J connectivity index is 1.59. The molecule has 2 aliphatic rings. The molecule has 0 aliphatic carbocycles. The summed E-state index contributed by atoms with van der Waals surface area (Å²) in [5.74, 6) is 1.67. The summed E-state index contributed by atoms with van der Waals surface area (Å²) in [6.07, 6.45) is 0. The van der Waals surface area contributed by atoms with Gasteiger partial charge in [-0.15, -0.1) is 0 Å². The first kappa shape index (κ1) is 18.0. The fourth-order valence-electron chi connectivity index (χ4n) is 4.77. The van der Waals surface area contributed by atoms with Crippen molar-refractivity contribution in [3.8, 4) is 22.6 Å². The van der Waals surface area contributed by atoms with Gasteiger partial charge in [0.2, 0.25) is 0 Å². The van der Waals surface area contributed by atoms with Gasteiger partial charge < -0.3 is 14.8 Å². The maximum Gasteiger partial charge on any atom is 0.166 e. The molecule has 5 rings (SSSR count). The number of hydrogen-bond donors (Lipinski definition) is 1. The van der Waals surface area contributed by atoms with Gasteiger partial charge in [0.1, 0.15) is 5.82 Å². The van der Waals surface area contributed by atoms with Crippen LogP contribution >= 0.6 is 0 Å². The Morgan fingerprint density at radius 2 is 1.79 bits per heavy atom. The molecule has 4 heteroatoms. The third kappa shape index (κ3) is 2.78. The van der Waals surface area contributed by atoms with Gasteiger partial charge in [-0.1, -0.05) is 44.2 Å². The van der Waals surface area contributed by atoms with Gasteiger partial charge in [-0.05, 0) is 47.0 Å². The Labute approximate surface area is 170 Å². The lowest BCUT2D eigenvalue weighted by Gasteiger charge is -2.48.